The first kappa shape index (κ1) is 13.0. The fraction of sp³-hybridized carbons (Fsp3) is 0.750. The minimum Gasteiger partial charge on any atom is -0.356 e. The molecule has 0 rings (SSSR count). The summed E-state index contributed by atoms with van der Waals surface area (Å²) in [5, 5.41) is 2.86. The van der Waals surface area contributed by atoms with Crippen LogP contribution in [0.5, 0.6) is 0 Å². The number of carbonyl (C=O) groups is 1. The zero-order valence-electron chi connectivity index (χ0n) is 9.14. The molecule has 0 saturated carbocycles. The quantitative estimate of drug-likeness (QED) is 0.468. The molecule has 1 N–H and O–H groups in total. The second-order valence-corrected chi connectivity index (χ2v) is 3.47. The largest absolute Gasteiger partial charge is 0.356 e. The van der Waals surface area contributed by atoms with Crippen molar-refractivity contribution in [1.29, 1.82) is 0 Å². The molecule has 0 fully saturated rings. The summed E-state index contributed by atoms with van der Waals surface area (Å²) in [4.78, 5) is 11.1. The highest BCUT2D eigenvalue weighted by Gasteiger charge is 1.98. The van der Waals surface area contributed by atoms with E-state index in [1.54, 1.807) is 0 Å². The number of rotatable bonds is 8. The molecular formula is C12H21NO. The lowest BCUT2D eigenvalue weighted by Crippen LogP contribution is -2.23. The highest BCUT2D eigenvalue weighted by atomic mass is 16.1. The van der Waals surface area contributed by atoms with Crippen LogP contribution in [0.1, 0.15) is 51.9 Å². The molecule has 0 bridgehead atoms. The van der Waals surface area contributed by atoms with Gasteiger partial charge in [-0.25, -0.2) is 0 Å². The molecule has 0 heterocycles. The molecule has 0 radical (unpaired) electrons. The van der Waals surface area contributed by atoms with Crippen molar-refractivity contribution in [2.45, 2.75) is 51.9 Å². The molecule has 1 amide bonds. The fourth-order valence-electron chi connectivity index (χ4n) is 1.22. The Morgan fingerprint density at radius 1 is 1.29 bits per heavy atom. The molecule has 0 atom stereocenters. The van der Waals surface area contributed by atoms with Crippen molar-refractivity contribution < 1.29 is 4.79 Å². The molecule has 2 heteroatoms. The summed E-state index contributed by atoms with van der Waals surface area (Å²) in [6.45, 7) is 2.86. The number of hydrogen-bond donors (Lipinski definition) is 1. The molecule has 0 saturated heterocycles. The average molecular weight is 195 g/mol. The van der Waals surface area contributed by atoms with Gasteiger partial charge in [0.15, 0.2) is 0 Å². The minimum atomic E-state index is 0.184. The summed E-state index contributed by atoms with van der Waals surface area (Å²) in [7, 11) is 0. The predicted molar refractivity (Wildman–Crippen MR) is 59.8 cm³/mol. The van der Waals surface area contributed by atoms with E-state index in [1.807, 2.05) is 0 Å². The second kappa shape index (κ2) is 10.1. The molecule has 80 valence electrons. The Balaban J connectivity index is 3.11. The van der Waals surface area contributed by atoms with Crippen LogP contribution in [-0.4, -0.2) is 12.5 Å². The molecular weight excluding hydrogens is 174 g/mol. The fourth-order valence-corrected chi connectivity index (χ4v) is 1.22. The molecule has 0 aliphatic heterocycles. The number of nitrogens with one attached hydrogen (secondary N) is 1. The molecule has 0 aliphatic rings. The van der Waals surface area contributed by atoms with Gasteiger partial charge in [0.2, 0.25) is 5.91 Å². The summed E-state index contributed by atoms with van der Waals surface area (Å²) < 4.78 is 0. The van der Waals surface area contributed by atoms with Gasteiger partial charge in [0, 0.05) is 19.4 Å². The summed E-state index contributed by atoms with van der Waals surface area (Å²) in [5.41, 5.74) is 0. The van der Waals surface area contributed by atoms with E-state index < -0.39 is 0 Å². The van der Waals surface area contributed by atoms with Gasteiger partial charge in [0.05, 0.1) is 0 Å². The maximum absolute atomic E-state index is 11.1. The predicted octanol–water partition coefficient (Wildman–Crippen LogP) is 2.49. The van der Waals surface area contributed by atoms with E-state index in [0.717, 1.165) is 45.1 Å². The number of terminal acetylenes is 1. The van der Waals surface area contributed by atoms with Crippen molar-refractivity contribution in [3.8, 4) is 12.3 Å². The zero-order chi connectivity index (χ0) is 10.6. The Hall–Kier alpha value is -0.970. The summed E-state index contributed by atoms with van der Waals surface area (Å²) in [6, 6.07) is 0. The van der Waals surface area contributed by atoms with Crippen LogP contribution < -0.4 is 5.32 Å². The van der Waals surface area contributed by atoms with E-state index >= 15 is 0 Å². The van der Waals surface area contributed by atoms with Gasteiger partial charge in [-0.2, -0.15) is 0 Å². The van der Waals surface area contributed by atoms with Crippen LogP contribution in [-0.2, 0) is 4.79 Å². The van der Waals surface area contributed by atoms with E-state index in [9.17, 15) is 4.79 Å². The van der Waals surface area contributed by atoms with Crippen molar-refractivity contribution in [3.63, 3.8) is 0 Å². The lowest BCUT2D eigenvalue weighted by molar-refractivity contribution is -0.121. The first-order chi connectivity index (χ1) is 6.81. The van der Waals surface area contributed by atoms with Crippen LogP contribution in [0.4, 0.5) is 0 Å². The van der Waals surface area contributed by atoms with E-state index in [1.165, 1.54) is 0 Å². The van der Waals surface area contributed by atoms with E-state index in [-0.39, 0.29) is 5.91 Å². The molecule has 2 nitrogen and oxygen atoms in total. The maximum atomic E-state index is 11.1. The number of unbranched alkanes of at least 4 members (excludes halogenated alkanes) is 4. The lowest BCUT2D eigenvalue weighted by Gasteiger charge is -2.02. The smallest absolute Gasteiger partial charge is 0.219 e. The topological polar surface area (TPSA) is 29.1 Å². The lowest BCUT2D eigenvalue weighted by atomic mass is 10.1. The van der Waals surface area contributed by atoms with Crippen LogP contribution in [0.3, 0.4) is 0 Å². The molecule has 0 unspecified atom stereocenters. The first-order valence-electron chi connectivity index (χ1n) is 5.51. The highest BCUT2D eigenvalue weighted by molar-refractivity contribution is 5.75. The van der Waals surface area contributed by atoms with Crippen molar-refractivity contribution in [2.24, 2.45) is 0 Å². The molecule has 0 aliphatic carbocycles. The third kappa shape index (κ3) is 9.12. The monoisotopic (exact) mass is 195 g/mol. The average Bonchev–Trinajstić information content (AvgIpc) is 2.20. The second-order valence-electron chi connectivity index (χ2n) is 3.47. The van der Waals surface area contributed by atoms with Gasteiger partial charge in [-0.1, -0.05) is 19.8 Å². The molecule has 14 heavy (non-hydrogen) atoms. The van der Waals surface area contributed by atoms with E-state index in [2.05, 4.69) is 18.2 Å². The van der Waals surface area contributed by atoms with E-state index in [4.69, 9.17) is 6.42 Å². The van der Waals surface area contributed by atoms with E-state index in [0.29, 0.717) is 6.42 Å². The Bertz CT molecular complexity index is 181. The van der Waals surface area contributed by atoms with Crippen LogP contribution in [0, 0.1) is 12.3 Å². The van der Waals surface area contributed by atoms with Crippen molar-refractivity contribution in [2.75, 3.05) is 6.54 Å². The van der Waals surface area contributed by atoms with Crippen LogP contribution in [0.25, 0.3) is 0 Å². The van der Waals surface area contributed by atoms with Gasteiger partial charge < -0.3 is 5.32 Å². The van der Waals surface area contributed by atoms with Crippen LogP contribution in [0.15, 0.2) is 0 Å². The molecule has 0 spiro atoms. The molecule has 0 aromatic rings. The third-order valence-corrected chi connectivity index (χ3v) is 2.05. The van der Waals surface area contributed by atoms with Gasteiger partial charge in [0.1, 0.15) is 0 Å². The summed E-state index contributed by atoms with van der Waals surface area (Å²) in [5.74, 6) is 2.80. The third-order valence-electron chi connectivity index (χ3n) is 2.05. The minimum absolute atomic E-state index is 0.184. The van der Waals surface area contributed by atoms with Crippen molar-refractivity contribution in [3.05, 3.63) is 0 Å². The number of hydrogen-bond acceptors (Lipinski definition) is 1. The molecule has 0 aromatic carbocycles. The SMILES string of the molecule is C#CCCCCCCC(=O)NCCC. The van der Waals surface area contributed by atoms with Gasteiger partial charge >= 0.3 is 0 Å². The highest BCUT2D eigenvalue weighted by Crippen LogP contribution is 2.04. The van der Waals surface area contributed by atoms with Gasteiger partial charge in [-0.15, -0.1) is 12.3 Å². The zero-order valence-corrected chi connectivity index (χ0v) is 9.14. The summed E-state index contributed by atoms with van der Waals surface area (Å²) in [6.07, 6.45) is 12.0. The standard InChI is InChI=1S/C12H21NO/c1-3-5-6-7-8-9-10-12(14)13-11-4-2/h1H,4-11H2,2H3,(H,13,14). The number of amides is 1. The van der Waals surface area contributed by atoms with Gasteiger partial charge in [-0.3, -0.25) is 4.79 Å². The van der Waals surface area contributed by atoms with Crippen LogP contribution >= 0.6 is 0 Å². The Labute approximate surface area is 87.5 Å². The Kier molecular flexibility index (Phi) is 9.41. The van der Waals surface area contributed by atoms with Gasteiger partial charge in [-0.05, 0) is 19.3 Å². The Morgan fingerprint density at radius 2 is 2.00 bits per heavy atom. The van der Waals surface area contributed by atoms with Crippen molar-refractivity contribution >= 4 is 5.91 Å². The maximum Gasteiger partial charge on any atom is 0.219 e. The van der Waals surface area contributed by atoms with Gasteiger partial charge in [0.25, 0.3) is 0 Å². The van der Waals surface area contributed by atoms with Crippen LogP contribution in [0.2, 0.25) is 0 Å². The van der Waals surface area contributed by atoms with Crippen molar-refractivity contribution in [1.82, 2.24) is 5.32 Å². The normalized spacial score (nSPS) is 9.43. The first-order valence-corrected chi connectivity index (χ1v) is 5.51. The Morgan fingerprint density at radius 3 is 2.64 bits per heavy atom. The number of carbonyl (C=O) groups excluding carboxylic acids is 1. The molecule has 0 aromatic heterocycles. The summed E-state index contributed by atoms with van der Waals surface area (Å²) >= 11 is 0.